The molecule has 1 amide bonds. The summed E-state index contributed by atoms with van der Waals surface area (Å²) in [5.41, 5.74) is 0.730. The van der Waals surface area contributed by atoms with Crippen LogP contribution in [0.25, 0.3) is 10.2 Å². The van der Waals surface area contributed by atoms with Crippen LogP contribution in [-0.2, 0) is 9.53 Å². The minimum Gasteiger partial charge on any atom is -0.462 e. The van der Waals surface area contributed by atoms with Gasteiger partial charge < -0.3 is 9.64 Å². The molecule has 0 radical (unpaired) electrons. The number of ether oxygens (including phenoxy) is 1. The topological polar surface area (TPSA) is 72.4 Å². The minimum atomic E-state index is -0.377. The SMILES string of the molecule is CCOC(=O)c1sc2nc(SCC(=O)N3CCCC3)nc(Cl)c2c1C. The van der Waals surface area contributed by atoms with Crippen LogP contribution in [-0.4, -0.2) is 52.2 Å². The third-order valence-corrected chi connectivity index (χ3v) is 6.24. The minimum absolute atomic E-state index is 0.0943. The summed E-state index contributed by atoms with van der Waals surface area (Å²) in [4.78, 5) is 35.9. The van der Waals surface area contributed by atoms with Gasteiger partial charge in [0.05, 0.1) is 17.7 Å². The molecule has 9 heteroatoms. The summed E-state index contributed by atoms with van der Waals surface area (Å²) in [6.45, 7) is 5.54. The Balaban J connectivity index is 1.81. The molecule has 1 fully saturated rings. The lowest BCUT2D eigenvalue weighted by Crippen LogP contribution is -2.29. The number of esters is 1. The van der Waals surface area contributed by atoms with Crippen molar-refractivity contribution in [2.75, 3.05) is 25.4 Å². The number of nitrogens with zero attached hydrogens (tertiary/aromatic N) is 3. The molecule has 6 nitrogen and oxygen atoms in total. The van der Waals surface area contributed by atoms with Gasteiger partial charge in [-0.25, -0.2) is 14.8 Å². The molecule has 0 saturated carbocycles. The van der Waals surface area contributed by atoms with Crippen molar-refractivity contribution in [3.8, 4) is 0 Å². The van der Waals surface area contributed by atoms with Crippen molar-refractivity contribution in [1.29, 1.82) is 0 Å². The summed E-state index contributed by atoms with van der Waals surface area (Å²) < 4.78 is 5.07. The van der Waals surface area contributed by atoms with Crippen LogP contribution in [0.4, 0.5) is 0 Å². The Labute approximate surface area is 158 Å². The van der Waals surface area contributed by atoms with Gasteiger partial charge in [-0.1, -0.05) is 23.4 Å². The first-order valence-electron chi connectivity index (χ1n) is 8.05. The summed E-state index contributed by atoms with van der Waals surface area (Å²) in [7, 11) is 0. The number of hydrogen-bond acceptors (Lipinski definition) is 7. The first kappa shape index (κ1) is 18.4. The number of aryl methyl sites for hydroxylation is 1. The number of thiophene rings is 1. The molecule has 1 saturated heterocycles. The predicted molar refractivity (Wildman–Crippen MR) is 99.7 cm³/mol. The van der Waals surface area contributed by atoms with Crippen molar-refractivity contribution in [1.82, 2.24) is 14.9 Å². The smallest absolute Gasteiger partial charge is 0.348 e. The molecule has 1 aliphatic rings. The van der Waals surface area contributed by atoms with Gasteiger partial charge in [0.25, 0.3) is 0 Å². The van der Waals surface area contributed by atoms with E-state index in [2.05, 4.69) is 9.97 Å². The Bertz CT molecular complexity index is 819. The number of amides is 1. The highest BCUT2D eigenvalue weighted by Crippen LogP contribution is 2.35. The standard InChI is InChI=1S/C16H18ClN3O3S2/c1-3-23-15(22)12-9(2)11-13(17)18-16(19-14(11)25-12)24-8-10(21)20-6-4-5-7-20/h3-8H2,1-2H3. The highest BCUT2D eigenvalue weighted by molar-refractivity contribution is 7.99. The number of fused-ring (bicyclic) bond motifs is 1. The normalized spacial score (nSPS) is 14.3. The van der Waals surface area contributed by atoms with Gasteiger partial charge in [0.15, 0.2) is 5.16 Å². The van der Waals surface area contributed by atoms with Gasteiger partial charge in [0.1, 0.15) is 14.9 Å². The van der Waals surface area contributed by atoms with Crippen LogP contribution in [0.15, 0.2) is 5.16 Å². The quantitative estimate of drug-likeness (QED) is 0.331. The molecule has 0 N–H and O–H groups in total. The second kappa shape index (κ2) is 7.88. The molecule has 3 heterocycles. The maximum atomic E-state index is 12.1. The van der Waals surface area contributed by atoms with Crippen molar-refractivity contribution >= 4 is 56.8 Å². The molecule has 0 aliphatic carbocycles. The van der Waals surface area contributed by atoms with Crippen molar-refractivity contribution in [2.45, 2.75) is 31.8 Å². The zero-order valence-electron chi connectivity index (χ0n) is 14.0. The first-order valence-corrected chi connectivity index (χ1v) is 10.2. The lowest BCUT2D eigenvalue weighted by atomic mass is 10.2. The molecular weight excluding hydrogens is 382 g/mol. The fourth-order valence-electron chi connectivity index (χ4n) is 2.71. The third-order valence-electron chi connectivity index (χ3n) is 3.97. The maximum Gasteiger partial charge on any atom is 0.348 e. The molecule has 134 valence electrons. The summed E-state index contributed by atoms with van der Waals surface area (Å²) in [5, 5.41) is 1.41. The van der Waals surface area contributed by atoms with Crippen LogP contribution in [0.5, 0.6) is 0 Å². The van der Waals surface area contributed by atoms with Crippen LogP contribution in [0.2, 0.25) is 5.15 Å². The van der Waals surface area contributed by atoms with E-state index >= 15 is 0 Å². The van der Waals surface area contributed by atoms with Crippen LogP contribution in [0.1, 0.15) is 35.0 Å². The van der Waals surface area contributed by atoms with E-state index in [1.807, 2.05) is 11.8 Å². The Hall–Kier alpha value is -1.38. The zero-order valence-corrected chi connectivity index (χ0v) is 16.4. The van der Waals surface area contributed by atoms with Crippen molar-refractivity contribution in [3.63, 3.8) is 0 Å². The first-order chi connectivity index (χ1) is 12.0. The fraction of sp³-hybridized carbons (Fsp3) is 0.500. The molecule has 0 atom stereocenters. The van der Waals surface area contributed by atoms with Gasteiger partial charge in [0.2, 0.25) is 5.91 Å². The number of carbonyl (C=O) groups is 2. The molecule has 2 aromatic heterocycles. The number of aromatic nitrogens is 2. The maximum absolute atomic E-state index is 12.1. The van der Waals surface area contributed by atoms with E-state index in [4.69, 9.17) is 16.3 Å². The Morgan fingerprint density at radius 1 is 1.32 bits per heavy atom. The average molecular weight is 400 g/mol. The van der Waals surface area contributed by atoms with E-state index in [1.54, 1.807) is 6.92 Å². The largest absolute Gasteiger partial charge is 0.462 e. The van der Waals surface area contributed by atoms with E-state index in [-0.39, 0.29) is 17.6 Å². The van der Waals surface area contributed by atoms with Gasteiger partial charge in [-0.3, -0.25) is 4.79 Å². The molecule has 0 aromatic carbocycles. The molecule has 0 spiro atoms. The number of likely N-dealkylation sites (tertiary alicyclic amines) is 1. The lowest BCUT2D eigenvalue weighted by Gasteiger charge is -2.14. The van der Waals surface area contributed by atoms with E-state index in [0.717, 1.165) is 31.5 Å². The number of carbonyl (C=O) groups excluding carboxylic acids is 2. The number of rotatable bonds is 5. The number of thioether (sulfide) groups is 1. The van der Waals surface area contributed by atoms with Gasteiger partial charge in [-0.2, -0.15) is 0 Å². The highest BCUT2D eigenvalue weighted by Gasteiger charge is 2.22. The Morgan fingerprint density at radius 2 is 2.04 bits per heavy atom. The average Bonchev–Trinajstić information content (AvgIpc) is 3.21. The lowest BCUT2D eigenvalue weighted by molar-refractivity contribution is -0.127. The summed E-state index contributed by atoms with van der Waals surface area (Å²) in [6.07, 6.45) is 2.13. The predicted octanol–water partition coefficient (Wildman–Crippen LogP) is 3.54. The van der Waals surface area contributed by atoms with Gasteiger partial charge in [-0.15, -0.1) is 11.3 Å². The van der Waals surface area contributed by atoms with Crippen LogP contribution in [0, 0.1) is 6.92 Å². The van der Waals surface area contributed by atoms with E-state index in [0.29, 0.717) is 32.0 Å². The fourth-order valence-corrected chi connectivity index (χ4v) is 5.01. The molecule has 0 unspecified atom stereocenters. The van der Waals surface area contributed by atoms with Crippen molar-refractivity contribution in [2.24, 2.45) is 0 Å². The van der Waals surface area contributed by atoms with Crippen LogP contribution < -0.4 is 0 Å². The van der Waals surface area contributed by atoms with Crippen LogP contribution in [0.3, 0.4) is 0 Å². The zero-order chi connectivity index (χ0) is 18.0. The second-order valence-electron chi connectivity index (χ2n) is 5.63. The van der Waals surface area contributed by atoms with Gasteiger partial charge in [0, 0.05) is 13.1 Å². The summed E-state index contributed by atoms with van der Waals surface area (Å²) in [5.74, 6) is 0.00563. The molecule has 3 rings (SSSR count). The van der Waals surface area contributed by atoms with Crippen molar-refractivity contribution in [3.05, 3.63) is 15.6 Å². The molecule has 25 heavy (non-hydrogen) atoms. The van der Waals surface area contributed by atoms with E-state index < -0.39 is 0 Å². The third kappa shape index (κ3) is 3.91. The highest BCUT2D eigenvalue weighted by atomic mass is 35.5. The Morgan fingerprint density at radius 3 is 2.72 bits per heavy atom. The summed E-state index contributed by atoms with van der Waals surface area (Å²) in [6, 6.07) is 0. The second-order valence-corrected chi connectivity index (χ2v) is 7.93. The monoisotopic (exact) mass is 399 g/mol. The van der Waals surface area contributed by atoms with Gasteiger partial charge in [-0.05, 0) is 32.3 Å². The number of halogens is 1. The Kier molecular flexibility index (Phi) is 5.81. The molecule has 2 aromatic rings. The molecule has 1 aliphatic heterocycles. The van der Waals surface area contributed by atoms with E-state index in [9.17, 15) is 9.59 Å². The molecule has 0 bridgehead atoms. The van der Waals surface area contributed by atoms with Crippen LogP contribution >= 0.6 is 34.7 Å². The molecular formula is C16H18ClN3O3S2. The summed E-state index contributed by atoms with van der Waals surface area (Å²) >= 11 is 8.81. The van der Waals surface area contributed by atoms with Crippen molar-refractivity contribution < 1.29 is 14.3 Å². The van der Waals surface area contributed by atoms with E-state index in [1.165, 1.54) is 23.1 Å². The van der Waals surface area contributed by atoms with Gasteiger partial charge >= 0.3 is 5.97 Å². The number of hydrogen-bond donors (Lipinski definition) is 0.